The second kappa shape index (κ2) is 8.07. The van der Waals surface area contributed by atoms with Crippen LogP contribution < -0.4 is 9.64 Å². The highest BCUT2D eigenvalue weighted by molar-refractivity contribution is 6.28. The lowest BCUT2D eigenvalue weighted by Crippen LogP contribution is -2.37. The molecule has 0 spiro atoms. The van der Waals surface area contributed by atoms with Crippen LogP contribution in [0.15, 0.2) is 24.3 Å². The molecule has 0 atom stereocenters. The van der Waals surface area contributed by atoms with Crippen molar-refractivity contribution in [2.45, 2.75) is 0 Å². The van der Waals surface area contributed by atoms with Gasteiger partial charge in [-0.2, -0.15) is 15.2 Å². The average molecular weight is 411 g/mol. The molecule has 148 valence electrons. The molecule has 0 amide bonds. The molecule has 3 aromatic rings. The van der Waals surface area contributed by atoms with Gasteiger partial charge in [-0.05, 0) is 35.4 Å². The molecule has 0 N–H and O–H groups in total. The van der Waals surface area contributed by atoms with Gasteiger partial charge in [-0.3, -0.25) is 0 Å². The van der Waals surface area contributed by atoms with E-state index in [4.69, 9.17) is 26.1 Å². The normalized spacial score (nSPS) is 14.8. The van der Waals surface area contributed by atoms with Crippen LogP contribution >= 0.6 is 11.6 Å². The fraction of sp³-hybridized carbons (Fsp3) is 0.300. The van der Waals surface area contributed by atoms with Crippen molar-refractivity contribution >= 4 is 40.2 Å². The number of aromatic nitrogens is 4. The van der Waals surface area contributed by atoms with E-state index in [0.29, 0.717) is 60.4 Å². The molecule has 0 unspecified atom stereocenters. The number of rotatable bonds is 4. The van der Waals surface area contributed by atoms with Crippen LogP contribution in [0.25, 0.3) is 22.8 Å². The van der Waals surface area contributed by atoms with Crippen molar-refractivity contribution in [3.63, 3.8) is 0 Å². The molecule has 29 heavy (non-hydrogen) atoms. The van der Waals surface area contributed by atoms with Gasteiger partial charge in [-0.25, -0.2) is 4.98 Å². The van der Waals surface area contributed by atoms with E-state index in [2.05, 4.69) is 20.9 Å². The first-order valence-corrected chi connectivity index (χ1v) is 9.47. The van der Waals surface area contributed by atoms with Gasteiger partial charge in [0.2, 0.25) is 5.28 Å². The number of ether oxygens (including phenoxy) is 2. The molecule has 8 nitrogen and oxygen atoms in total. The number of nitriles is 1. The summed E-state index contributed by atoms with van der Waals surface area (Å²) >= 11 is 6.18. The molecule has 0 radical (unpaired) electrons. The maximum atomic E-state index is 9.71. The first-order chi connectivity index (χ1) is 14.1. The second-order valence-electron chi connectivity index (χ2n) is 6.52. The van der Waals surface area contributed by atoms with Crippen molar-refractivity contribution in [1.82, 2.24) is 19.5 Å². The maximum Gasteiger partial charge on any atom is 0.226 e. The summed E-state index contributed by atoms with van der Waals surface area (Å²) in [6, 6.07) is 9.59. The summed E-state index contributed by atoms with van der Waals surface area (Å²) in [5, 5.41) is 9.86. The Balaban J connectivity index is 1.82. The molecule has 3 heterocycles. The molecule has 0 saturated carbocycles. The summed E-state index contributed by atoms with van der Waals surface area (Å²) in [4.78, 5) is 15.6. The number of methoxy groups -OCH3 is 1. The van der Waals surface area contributed by atoms with Gasteiger partial charge in [0, 0.05) is 20.1 Å². The van der Waals surface area contributed by atoms with Gasteiger partial charge in [0.1, 0.15) is 11.6 Å². The quantitative estimate of drug-likeness (QED) is 0.482. The van der Waals surface area contributed by atoms with Crippen molar-refractivity contribution in [1.29, 1.82) is 5.26 Å². The zero-order valence-electron chi connectivity index (χ0n) is 16.1. The predicted molar refractivity (Wildman–Crippen MR) is 111 cm³/mol. The zero-order chi connectivity index (χ0) is 20.4. The molecule has 0 bridgehead atoms. The van der Waals surface area contributed by atoms with Crippen molar-refractivity contribution in [2.75, 3.05) is 38.3 Å². The lowest BCUT2D eigenvalue weighted by atomic mass is 10.1. The van der Waals surface area contributed by atoms with E-state index in [9.17, 15) is 5.26 Å². The van der Waals surface area contributed by atoms with Crippen LogP contribution in [0, 0.1) is 11.3 Å². The summed E-state index contributed by atoms with van der Waals surface area (Å²) < 4.78 is 12.5. The number of allylic oxidation sites excluding steroid dienone is 1. The second-order valence-corrected chi connectivity index (χ2v) is 6.86. The number of aryl methyl sites for hydroxylation is 1. The number of nitrogens with zero attached hydrogens (tertiary/aromatic N) is 6. The molecule has 9 heteroatoms. The Kier molecular flexibility index (Phi) is 5.34. The number of anilines is 1. The van der Waals surface area contributed by atoms with Gasteiger partial charge < -0.3 is 18.9 Å². The molecular weight excluding hydrogens is 392 g/mol. The van der Waals surface area contributed by atoms with Crippen molar-refractivity contribution in [3.05, 3.63) is 40.9 Å². The van der Waals surface area contributed by atoms with E-state index >= 15 is 0 Å². The standard InChI is InChI=1S/C20H19ClN6O2/c1-26-16(11-14(12-22)13-4-3-5-15(10-13)28-2)23-17-18(26)24-20(21)25-19(17)27-6-8-29-9-7-27/h3-5,10-11H,6-9H2,1-2H3/b14-11+. The molecule has 2 aromatic heterocycles. The van der Waals surface area contributed by atoms with Gasteiger partial charge in [0.05, 0.1) is 32.0 Å². The highest BCUT2D eigenvalue weighted by atomic mass is 35.5. The zero-order valence-corrected chi connectivity index (χ0v) is 16.8. The minimum atomic E-state index is 0.158. The Bertz CT molecular complexity index is 1130. The topological polar surface area (TPSA) is 89.1 Å². The average Bonchev–Trinajstić information content (AvgIpc) is 3.07. The van der Waals surface area contributed by atoms with Crippen molar-refractivity contribution in [2.24, 2.45) is 7.05 Å². The summed E-state index contributed by atoms with van der Waals surface area (Å²) in [5.74, 6) is 1.95. The van der Waals surface area contributed by atoms with Crippen LogP contribution in [0.3, 0.4) is 0 Å². The van der Waals surface area contributed by atoms with E-state index in [1.54, 1.807) is 13.2 Å². The molecule has 1 fully saturated rings. The number of hydrogen-bond donors (Lipinski definition) is 0. The van der Waals surface area contributed by atoms with Crippen LogP contribution in [0.2, 0.25) is 5.28 Å². The molecule has 1 aliphatic rings. The van der Waals surface area contributed by atoms with Gasteiger partial charge in [-0.1, -0.05) is 12.1 Å². The number of halogens is 1. The molecular formula is C20H19ClN6O2. The minimum Gasteiger partial charge on any atom is -0.497 e. The largest absolute Gasteiger partial charge is 0.497 e. The van der Waals surface area contributed by atoms with Crippen LogP contribution in [-0.4, -0.2) is 52.9 Å². The van der Waals surface area contributed by atoms with Gasteiger partial charge in [0.15, 0.2) is 17.0 Å². The lowest BCUT2D eigenvalue weighted by molar-refractivity contribution is 0.122. The Morgan fingerprint density at radius 1 is 1.28 bits per heavy atom. The first kappa shape index (κ1) is 19.2. The smallest absolute Gasteiger partial charge is 0.226 e. The maximum absolute atomic E-state index is 9.71. The highest BCUT2D eigenvalue weighted by Gasteiger charge is 2.21. The van der Waals surface area contributed by atoms with Gasteiger partial charge in [0.25, 0.3) is 0 Å². The van der Waals surface area contributed by atoms with Crippen LogP contribution in [0.5, 0.6) is 5.75 Å². The summed E-state index contributed by atoms with van der Waals surface area (Å²) in [7, 11) is 3.43. The minimum absolute atomic E-state index is 0.158. The fourth-order valence-corrected chi connectivity index (χ4v) is 3.42. The Labute approximate surface area is 173 Å². The monoisotopic (exact) mass is 410 g/mol. The van der Waals surface area contributed by atoms with E-state index in [-0.39, 0.29) is 5.28 Å². The Morgan fingerprint density at radius 3 is 2.79 bits per heavy atom. The Hall–Kier alpha value is -3.15. The van der Waals surface area contributed by atoms with Crippen LogP contribution in [-0.2, 0) is 11.8 Å². The van der Waals surface area contributed by atoms with E-state index in [1.165, 1.54) is 0 Å². The SMILES string of the molecule is COc1cccc(/C(C#N)=C/c2nc3c(N4CCOCC4)nc(Cl)nc3n2C)c1. The van der Waals surface area contributed by atoms with Crippen LogP contribution in [0.1, 0.15) is 11.4 Å². The summed E-state index contributed by atoms with van der Waals surface area (Å²) in [5.41, 5.74) is 2.47. The molecule has 1 aromatic carbocycles. The van der Waals surface area contributed by atoms with Crippen LogP contribution in [0.4, 0.5) is 5.82 Å². The number of morpholine rings is 1. The molecule has 4 rings (SSSR count). The summed E-state index contributed by atoms with van der Waals surface area (Å²) in [6.07, 6.45) is 1.73. The third kappa shape index (κ3) is 3.75. The lowest BCUT2D eigenvalue weighted by Gasteiger charge is -2.27. The number of fused-ring (bicyclic) bond motifs is 1. The van der Waals surface area contributed by atoms with Crippen molar-refractivity contribution < 1.29 is 9.47 Å². The van der Waals surface area contributed by atoms with E-state index in [0.717, 1.165) is 5.56 Å². The molecule has 1 saturated heterocycles. The van der Waals surface area contributed by atoms with Gasteiger partial charge >= 0.3 is 0 Å². The highest BCUT2D eigenvalue weighted by Crippen LogP contribution is 2.28. The van der Waals surface area contributed by atoms with E-state index in [1.807, 2.05) is 35.9 Å². The van der Waals surface area contributed by atoms with Gasteiger partial charge in [-0.15, -0.1) is 0 Å². The Morgan fingerprint density at radius 2 is 2.07 bits per heavy atom. The first-order valence-electron chi connectivity index (χ1n) is 9.09. The number of benzene rings is 1. The third-order valence-corrected chi connectivity index (χ3v) is 4.96. The number of imidazole rings is 1. The third-order valence-electron chi connectivity index (χ3n) is 4.79. The molecule has 1 aliphatic heterocycles. The molecule has 0 aliphatic carbocycles. The number of hydrogen-bond acceptors (Lipinski definition) is 7. The van der Waals surface area contributed by atoms with E-state index < -0.39 is 0 Å². The van der Waals surface area contributed by atoms with Crippen molar-refractivity contribution in [3.8, 4) is 11.8 Å². The predicted octanol–water partition coefficient (Wildman–Crippen LogP) is 2.93. The summed E-state index contributed by atoms with van der Waals surface area (Å²) in [6.45, 7) is 2.66. The fourth-order valence-electron chi connectivity index (χ4n) is 3.26.